The number of rotatable bonds is 2. The van der Waals surface area contributed by atoms with Gasteiger partial charge in [-0.1, -0.05) is 30.3 Å². The molecule has 94 valence electrons. The highest BCUT2D eigenvalue weighted by Crippen LogP contribution is 2.27. The minimum absolute atomic E-state index is 0.213. The van der Waals surface area contributed by atoms with Gasteiger partial charge in [0, 0.05) is 10.9 Å². The van der Waals surface area contributed by atoms with Gasteiger partial charge in [0.25, 0.3) is 0 Å². The monoisotopic (exact) mass is 269 g/mol. The molecule has 3 rings (SSSR count). The van der Waals surface area contributed by atoms with Crippen molar-refractivity contribution >= 4 is 11.3 Å². The second kappa shape index (κ2) is 4.94. The van der Waals surface area contributed by atoms with E-state index in [1.54, 1.807) is 23.5 Å². The van der Waals surface area contributed by atoms with E-state index in [0.717, 1.165) is 27.4 Å². The minimum Gasteiger partial charge on any atom is -0.242 e. The second-order valence-corrected chi connectivity index (χ2v) is 5.40. The normalized spacial score (nSPS) is 10.6. The molecular formula is C16H12FNS. The Bertz CT molecular complexity index is 701. The summed E-state index contributed by atoms with van der Waals surface area (Å²) in [4.78, 5) is 4.49. The van der Waals surface area contributed by atoms with Crippen molar-refractivity contribution in [2.45, 2.75) is 6.92 Å². The van der Waals surface area contributed by atoms with Gasteiger partial charge in [-0.2, -0.15) is 0 Å². The Balaban J connectivity index is 2.02. The maximum Gasteiger partial charge on any atom is 0.123 e. The summed E-state index contributed by atoms with van der Waals surface area (Å²) in [7, 11) is 0. The Hall–Kier alpha value is -2.00. The van der Waals surface area contributed by atoms with Crippen molar-refractivity contribution in [1.29, 1.82) is 0 Å². The summed E-state index contributed by atoms with van der Waals surface area (Å²) in [5, 5.41) is 3.11. The number of aromatic nitrogens is 1. The van der Waals surface area contributed by atoms with Gasteiger partial charge < -0.3 is 0 Å². The first-order valence-electron chi connectivity index (χ1n) is 6.01. The second-order valence-electron chi connectivity index (χ2n) is 4.34. The molecule has 2 aromatic carbocycles. The molecule has 0 spiro atoms. The standard InChI is InChI=1S/C16H12FNS/c1-11-18-16(10-19-11)14-4-2-3-13(9-14)12-5-7-15(17)8-6-12/h2-10H,1H3. The van der Waals surface area contributed by atoms with Gasteiger partial charge in [0.05, 0.1) is 10.7 Å². The van der Waals surface area contributed by atoms with E-state index < -0.39 is 0 Å². The highest BCUT2D eigenvalue weighted by atomic mass is 32.1. The van der Waals surface area contributed by atoms with Gasteiger partial charge in [0.2, 0.25) is 0 Å². The highest BCUT2D eigenvalue weighted by molar-refractivity contribution is 7.09. The van der Waals surface area contributed by atoms with Crippen LogP contribution < -0.4 is 0 Å². The Labute approximate surface area is 115 Å². The largest absolute Gasteiger partial charge is 0.242 e. The molecule has 0 fully saturated rings. The molecule has 1 aromatic heterocycles. The molecule has 0 saturated heterocycles. The van der Waals surface area contributed by atoms with Crippen LogP contribution in [0.25, 0.3) is 22.4 Å². The average molecular weight is 269 g/mol. The quantitative estimate of drug-likeness (QED) is 0.643. The van der Waals surface area contributed by atoms with Crippen LogP contribution in [0.5, 0.6) is 0 Å². The summed E-state index contributed by atoms with van der Waals surface area (Å²) in [5.74, 6) is -0.213. The van der Waals surface area contributed by atoms with Crippen molar-refractivity contribution in [2.24, 2.45) is 0 Å². The minimum atomic E-state index is -0.213. The number of halogens is 1. The molecule has 0 aliphatic heterocycles. The van der Waals surface area contributed by atoms with E-state index in [9.17, 15) is 4.39 Å². The number of nitrogens with zero attached hydrogens (tertiary/aromatic N) is 1. The molecule has 1 heterocycles. The van der Waals surface area contributed by atoms with Gasteiger partial charge in [-0.05, 0) is 36.2 Å². The summed E-state index contributed by atoms with van der Waals surface area (Å²) in [5.41, 5.74) is 4.16. The van der Waals surface area contributed by atoms with Crippen molar-refractivity contribution in [3.05, 3.63) is 64.7 Å². The van der Waals surface area contributed by atoms with Gasteiger partial charge in [-0.15, -0.1) is 11.3 Å². The van der Waals surface area contributed by atoms with Gasteiger partial charge in [0.1, 0.15) is 5.82 Å². The molecular weight excluding hydrogens is 257 g/mol. The molecule has 0 bridgehead atoms. The Morgan fingerprint density at radius 1 is 0.947 bits per heavy atom. The summed E-state index contributed by atoms with van der Waals surface area (Å²) in [6.07, 6.45) is 0. The molecule has 0 saturated carbocycles. The predicted octanol–water partition coefficient (Wildman–Crippen LogP) is 4.92. The fraction of sp³-hybridized carbons (Fsp3) is 0.0625. The fourth-order valence-corrected chi connectivity index (χ4v) is 2.62. The van der Waals surface area contributed by atoms with Gasteiger partial charge >= 0.3 is 0 Å². The lowest BCUT2D eigenvalue weighted by Crippen LogP contribution is -1.82. The molecule has 0 amide bonds. The SMILES string of the molecule is Cc1nc(-c2cccc(-c3ccc(F)cc3)c2)cs1. The lowest BCUT2D eigenvalue weighted by atomic mass is 10.0. The zero-order valence-electron chi connectivity index (χ0n) is 10.4. The Morgan fingerprint density at radius 3 is 2.37 bits per heavy atom. The smallest absolute Gasteiger partial charge is 0.123 e. The maximum absolute atomic E-state index is 12.9. The van der Waals surface area contributed by atoms with E-state index in [-0.39, 0.29) is 5.82 Å². The molecule has 19 heavy (non-hydrogen) atoms. The number of hydrogen-bond acceptors (Lipinski definition) is 2. The van der Waals surface area contributed by atoms with E-state index in [0.29, 0.717) is 0 Å². The van der Waals surface area contributed by atoms with E-state index in [4.69, 9.17) is 0 Å². The molecule has 0 atom stereocenters. The molecule has 0 N–H and O–H groups in total. The summed E-state index contributed by atoms with van der Waals surface area (Å²) < 4.78 is 12.9. The first kappa shape index (κ1) is 12.1. The van der Waals surface area contributed by atoms with Crippen LogP contribution in [-0.2, 0) is 0 Å². The lowest BCUT2D eigenvalue weighted by Gasteiger charge is -2.04. The zero-order valence-corrected chi connectivity index (χ0v) is 11.2. The van der Waals surface area contributed by atoms with Crippen molar-refractivity contribution in [1.82, 2.24) is 4.98 Å². The third-order valence-electron chi connectivity index (χ3n) is 2.95. The summed E-state index contributed by atoms with van der Waals surface area (Å²) in [6, 6.07) is 14.7. The van der Waals surface area contributed by atoms with Crippen molar-refractivity contribution in [2.75, 3.05) is 0 Å². The average Bonchev–Trinajstić information content (AvgIpc) is 2.86. The molecule has 0 radical (unpaired) electrons. The molecule has 0 aliphatic rings. The third kappa shape index (κ3) is 2.56. The molecule has 3 heteroatoms. The van der Waals surface area contributed by atoms with E-state index >= 15 is 0 Å². The Kier molecular flexibility index (Phi) is 3.13. The number of aryl methyl sites for hydroxylation is 1. The first-order valence-corrected chi connectivity index (χ1v) is 6.89. The topological polar surface area (TPSA) is 12.9 Å². The number of benzene rings is 2. The van der Waals surface area contributed by atoms with E-state index in [1.807, 2.05) is 25.1 Å². The molecule has 0 unspecified atom stereocenters. The van der Waals surface area contributed by atoms with Crippen molar-refractivity contribution < 1.29 is 4.39 Å². The molecule has 0 aliphatic carbocycles. The van der Waals surface area contributed by atoms with E-state index in [2.05, 4.69) is 16.4 Å². The zero-order chi connectivity index (χ0) is 13.2. The summed E-state index contributed by atoms with van der Waals surface area (Å²) >= 11 is 1.64. The third-order valence-corrected chi connectivity index (χ3v) is 3.73. The maximum atomic E-state index is 12.9. The lowest BCUT2D eigenvalue weighted by molar-refractivity contribution is 0.628. The van der Waals surface area contributed by atoms with Crippen LogP contribution >= 0.6 is 11.3 Å². The van der Waals surface area contributed by atoms with Crippen LogP contribution in [0.3, 0.4) is 0 Å². The van der Waals surface area contributed by atoms with Crippen molar-refractivity contribution in [3.63, 3.8) is 0 Å². The summed E-state index contributed by atoms with van der Waals surface area (Å²) in [6.45, 7) is 2.00. The molecule has 1 nitrogen and oxygen atoms in total. The predicted molar refractivity (Wildman–Crippen MR) is 77.7 cm³/mol. The van der Waals surface area contributed by atoms with Gasteiger partial charge in [0.15, 0.2) is 0 Å². The van der Waals surface area contributed by atoms with Crippen LogP contribution in [0.1, 0.15) is 5.01 Å². The molecule has 3 aromatic rings. The van der Waals surface area contributed by atoms with Crippen LogP contribution in [0.4, 0.5) is 4.39 Å². The van der Waals surface area contributed by atoms with Crippen LogP contribution in [0.2, 0.25) is 0 Å². The van der Waals surface area contributed by atoms with Crippen LogP contribution in [0.15, 0.2) is 53.9 Å². The number of thiazole rings is 1. The number of hydrogen-bond donors (Lipinski definition) is 0. The fourth-order valence-electron chi connectivity index (χ4n) is 2.00. The van der Waals surface area contributed by atoms with Gasteiger partial charge in [-0.3, -0.25) is 0 Å². The van der Waals surface area contributed by atoms with Gasteiger partial charge in [-0.25, -0.2) is 9.37 Å². The van der Waals surface area contributed by atoms with Crippen LogP contribution in [0, 0.1) is 12.7 Å². The van der Waals surface area contributed by atoms with Crippen molar-refractivity contribution in [3.8, 4) is 22.4 Å². The van der Waals surface area contributed by atoms with Crippen LogP contribution in [-0.4, -0.2) is 4.98 Å². The first-order chi connectivity index (χ1) is 9.22. The highest BCUT2D eigenvalue weighted by Gasteiger charge is 2.04. The van der Waals surface area contributed by atoms with E-state index in [1.165, 1.54) is 12.1 Å². The Morgan fingerprint density at radius 2 is 1.68 bits per heavy atom.